The largest absolute Gasteiger partial charge is 0.327 e. The van der Waals surface area contributed by atoms with Crippen LogP contribution in [-0.2, 0) is 4.79 Å². The molecular formula is C9H11N3O2. The van der Waals surface area contributed by atoms with Crippen LogP contribution in [0, 0.1) is 0 Å². The fourth-order valence-electron chi connectivity index (χ4n) is 0.847. The van der Waals surface area contributed by atoms with Crippen molar-refractivity contribution in [1.82, 2.24) is 4.98 Å². The maximum atomic E-state index is 11.1. The minimum Gasteiger partial charge on any atom is -0.327 e. The van der Waals surface area contributed by atoms with Gasteiger partial charge in [-0.1, -0.05) is 6.08 Å². The average Bonchev–Trinajstić information content (AvgIpc) is 2.18. The lowest BCUT2D eigenvalue weighted by molar-refractivity contribution is -0.111. The van der Waals surface area contributed by atoms with E-state index < -0.39 is 0 Å². The van der Waals surface area contributed by atoms with E-state index >= 15 is 0 Å². The van der Waals surface area contributed by atoms with Crippen molar-refractivity contribution < 1.29 is 4.79 Å². The van der Waals surface area contributed by atoms with Gasteiger partial charge in [-0.25, -0.2) is 0 Å². The van der Waals surface area contributed by atoms with Crippen molar-refractivity contribution in [2.45, 2.75) is 0 Å². The summed E-state index contributed by atoms with van der Waals surface area (Å²) >= 11 is 0. The number of aromatic amines is 1. The summed E-state index contributed by atoms with van der Waals surface area (Å²) in [7, 11) is 0. The van der Waals surface area contributed by atoms with Crippen LogP contribution in [0.3, 0.4) is 0 Å². The van der Waals surface area contributed by atoms with E-state index in [0.29, 0.717) is 12.2 Å². The number of carbonyl (C=O) groups excluding carboxylic acids is 1. The van der Waals surface area contributed by atoms with E-state index in [9.17, 15) is 9.59 Å². The number of nitrogens with two attached hydrogens (primary N) is 1. The molecule has 0 fully saturated rings. The van der Waals surface area contributed by atoms with Crippen molar-refractivity contribution in [2.24, 2.45) is 5.73 Å². The number of pyridine rings is 1. The molecule has 5 nitrogen and oxygen atoms in total. The van der Waals surface area contributed by atoms with Gasteiger partial charge >= 0.3 is 0 Å². The molecule has 0 bridgehead atoms. The van der Waals surface area contributed by atoms with Crippen LogP contribution in [0.1, 0.15) is 0 Å². The minimum absolute atomic E-state index is 0.208. The van der Waals surface area contributed by atoms with Crippen molar-refractivity contribution in [3.8, 4) is 0 Å². The summed E-state index contributed by atoms with van der Waals surface area (Å²) in [5, 5.41) is 2.55. The first-order valence-corrected chi connectivity index (χ1v) is 4.08. The Balaban J connectivity index is 2.61. The summed E-state index contributed by atoms with van der Waals surface area (Å²) in [6.07, 6.45) is 4.31. The van der Waals surface area contributed by atoms with E-state index in [2.05, 4.69) is 10.3 Å². The van der Waals surface area contributed by atoms with E-state index in [1.807, 2.05) is 0 Å². The lowest BCUT2D eigenvalue weighted by atomic mass is 10.4. The van der Waals surface area contributed by atoms with Crippen LogP contribution < -0.4 is 16.6 Å². The highest BCUT2D eigenvalue weighted by atomic mass is 16.1. The fraction of sp³-hybridized carbons (Fsp3) is 0.111. The number of hydrogen-bond acceptors (Lipinski definition) is 3. The molecule has 0 radical (unpaired) electrons. The van der Waals surface area contributed by atoms with E-state index in [1.165, 1.54) is 24.4 Å². The average molecular weight is 193 g/mol. The minimum atomic E-state index is -0.275. The summed E-state index contributed by atoms with van der Waals surface area (Å²) in [4.78, 5) is 24.2. The molecule has 1 rings (SSSR count). The lowest BCUT2D eigenvalue weighted by Gasteiger charge is -1.99. The molecule has 0 aliphatic heterocycles. The number of rotatable bonds is 3. The van der Waals surface area contributed by atoms with Crippen molar-refractivity contribution in [2.75, 3.05) is 11.9 Å². The second kappa shape index (κ2) is 4.98. The normalized spacial score (nSPS) is 10.4. The van der Waals surface area contributed by atoms with Crippen LogP contribution in [0.25, 0.3) is 0 Å². The predicted octanol–water partition coefficient (Wildman–Crippen LogP) is -0.172. The third-order valence-electron chi connectivity index (χ3n) is 1.46. The van der Waals surface area contributed by atoms with Gasteiger partial charge in [-0.3, -0.25) is 9.59 Å². The smallest absolute Gasteiger partial charge is 0.248 e. The number of aromatic nitrogens is 1. The quantitative estimate of drug-likeness (QED) is 0.582. The first-order valence-electron chi connectivity index (χ1n) is 4.08. The second-order valence-corrected chi connectivity index (χ2v) is 2.57. The maximum Gasteiger partial charge on any atom is 0.248 e. The molecule has 4 N–H and O–H groups in total. The number of carbonyl (C=O) groups is 1. The highest BCUT2D eigenvalue weighted by Crippen LogP contribution is 1.99. The first kappa shape index (κ1) is 10.2. The fourth-order valence-corrected chi connectivity index (χ4v) is 0.847. The SMILES string of the molecule is NC/C=C/C(=O)Nc1ccc(=O)[nH]c1. The Bertz CT molecular complexity index is 375. The molecule has 0 unspecified atom stereocenters. The van der Waals surface area contributed by atoms with Gasteiger partial charge in [0, 0.05) is 24.9 Å². The Labute approximate surface area is 80.6 Å². The number of nitrogens with one attached hydrogen (secondary N) is 2. The molecule has 74 valence electrons. The van der Waals surface area contributed by atoms with Gasteiger partial charge in [-0.2, -0.15) is 0 Å². The Kier molecular flexibility index (Phi) is 3.63. The molecule has 14 heavy (non-hydrogen) atoms. The Morgan fingerprint density at radius 3 is 2.93 bits per heavy atom. The second-order valence-electron chi connectivity index (χ2n) is 2.57. The Hall–Kier alpha value is -1.88. The molecule has 1 amide bonds. The predicted molar refractivity (Wildman–Crippen MR) is 53.9 cm³/mol. The van der Waals surface area contributed by atoms with E-state index in [-0.39, 0.29) is 11.5 Å². The van der Waals surface area contributed by atoms with Crippen LogP contribution in [-0.4, -0.2) is 17.4 Å². The van der Waals surface area contributed by atoms with Gasteiger partial charge in [0.15, 0.2) is 0 Å². The van der Waals surface area contributed by atoms with Gasteiger partial charge in [0.05, 0.1) is 5.69 Å². The van der Waals surface area contributed by atoms with Gasteiger partial charge in [0.2, 0.25) is 11.5 Å². The summed E-state index contributed by atoms with van der Waals surface area (Å²) in [6, 6.07) is 2.86. The number of amides is 1. The molecular weight excluding hydrogens is 182 g/mol. The highest BCUT2D eigenvalue weighted by Gasteiger charge is 1.95. The van der Waals surface area contributed by atoms with Crippen LogP contribution in [0.5, 0.6) is 0 Å². The van der Waals surface area contributed by atoms with Crippen molar-refractivity contribution in [3.63, 3.8) is 0 Å². The number of H-pyrrole nitrogens is 1. The zero-order chi connectivity index (χ0) is 10.4. The Morgan fingerprint density at radius 1 is 1.57 bits per heavy atom. The molecule has 0 atom stereocenters. The Morgan fingerprint density at radius 2 is 2.36 bits per heavy atom. The third-order valence-corrected chi connectivity index (χ3v) is 1.46. The van der Waals surface area contributed by atoms with Gasteiger partial charge in [-0.05, 0) is 6.07 Å². The van der Waals surface area contributed by atoms with E-state index in [0.717, 1.165) is 0 Å². The topological polar surface area (TPSA) is 88.0 Å². The summed E-state index contributed by atoms with van der Waals surface area (Å²) in [5.41, 5.74) is 5.51. The van der Waals surface area contributed by atoms with Crippen LogP contribution in [0.15, 0.2) is 35.3 Å². The van der Waals surface area contributed by atoms with E-state index in [4.69, 9.17) is 5.73 Å². The van der Waals surface area contributed by atoms with Gasteiger partial charge in [0.25, 0.3) is 0 Å². The van der Waals surface area contributed by atoms with Crippen molar-refractivity contribution >= 4 is 11.6 Å². The van der Waals surface area contributed by atoms with Crippen LogP contribution >= 0.6 is 0 Å². The molecule has 0 aromatic carbocycles. The monoisotopic (exact) mass is 193 g/mol. The molecule has 0 spiro atoms. The van der Waals surface area contributed by atoms with Crippen LogP contribution in [0.4, 0.5) is 5.69 Å². The number of hydrogen-bond donors (Lipinski definition) is 3. The third kappa shape index (κ3) is 3.24. The van der Waals surface area contributed by atoms with Crippen LogP contribution in [0.2, 0.25) is 0 Å². The summed E-state index contributed by atoms with van der Waals surface area (Å²) in [6.45, 7) is 0.318. The lowest BCUT2D eigenvalue weighted by Crippen LogP contribution is -2.11. The molecule has 0 saturated heterocycles. The number of anilines is 1. The maximum absolute atomic E-state index is 11.1. The standard InChI is InChI=1S/C9H11N3O2/c10-5-1-2-9(14)12-7-3-4-8(13)11-6-7/h1-4,6H,5,10H2,(H,11,13)(H,12,14)/b2-1+. The molecule has 0 aliphatic rings. The zero-order valence-corrected chi connectivity index (χ0v) is 7.49. The molecule has 5 heteroatoms. The summed E-state index contributed by atoms with van der Waals surface area (Å²) in [5.74, 6) is -0.275. The summed E-state index contributed by atoms with van der Waals surface area (Å²) < 4.78 is 0. The first-order chi connectivity index (χ1) is 6.72. The zero-order valence-electron chi connectivity index (χ0n) is 7.49. The molecule has 1 aromatic heterocycles. The van der Waals surface area contributed by atoms with Gasteiger partial charge in [0.1, 0.15) is 0 Å². The van der Waals surface area contributed by atoms with Crippen molar-refractivity contribution in [1.29, 1.82) is 0 Å². The molecule has 1 heterocycles. The van der Waals surface area contributed by atoms with Gasteiger partial charge < -0.3 is 16.0 Å². The molecule has 1 aromatic rings. The molecule has 0 saturated carbocycles. The molecule has 0 aliphatic carbocycles. The van der Waals surface area contributed by atoms with Gasteiger partial charge in [-0.15, -0.1) is 0 Å². The highest BCUT2D eigenvalue weighted by molar-refractivity contribution is 5.99. The van der Waals surface area contributed by atoms with Crippen molar-refractivity contribution in [3.05, 3.63) is 40.8 Å². The van der Waals surface area contributed by atoms with E-state index in [1.54, 1.807) is 6.08 Å².